The Balaban J connectivity index is 1.84. The van der Waals surface area contributed by atoms with Crippen molar-refractivity contribution < 1.29 is 9.90 Å². The first kappa shape index (κ1) is 15.1. The van der Waals surface area contributed by atoms with E-state index in [0.29, 0.717) is 25.2 Å². The number of nitrogens with zero attached hydrogens (tertiary/aromatic N) is 2. The molecule has 1 aliphatic heterocycles. The number of fused-ring (bicyclic) bond motifs is 1. The van der Waals surface area contributed by atoms with Gasteiger partial charge in [-0.2, -0.15) is 0 Å². The number of para-hydroxylation sites is 1. The van der Waals surface area contributed by atoms with Gasteiger partial charge >= 0.3 is 0 Å². The van der Waals surface area contributed by atoms with Gasteiger partial charge in [0.05, 0.1) is 23.2 Å². The van der Waals surface area contributed by atoms with Gasteiger partial charge < -0.3 is 19.9 Å². The van der Waals surface area contributed by atoms with Crippen molar-refractivity contribution >= 4 is 16.8 Å². The number of carbonyl (C=O) groups excluding carboxylic acids is 1. The number of aromatic nitrogens is 1. The number of likely N-dealkylation sites (tertiary alicyclic amines) is 1. The highest BCUT2D eigenvalue weighted by atomic mass is 16.3. The number of amides is 1. The number of hydrogen-bond acceptors (Lipinski definition) is 3. The number of likely N-dealkylation sites (N-methyl/N-ethyl adjacent to an activating group) is 1. The van der Waals surface area contributed by atoms with Crippen molar-refractivity contribution in [1.82, 2.24) is 14.8 Å². The SMILES string of the molecule is CN(C)C[C@@]1(O)CCCN(C(=O)c2cccc3cc[nH]c23)C1. The van der Waals surface area contributed by atoms with Crippen molar-refractivity contribution in [2.75, 3.05) is 33.7 Å². The molecule has 5 heteroatoms. The maximum atomic E-state index is 12.9. The number of nitrogens with one attached hydrogen (secondary N) is 1. The molecule has 0 saturated carbocycles. The summed E-state index contributed by atoms with van der Waals surface area (Å²) >= 11 is 0. The highest BCUT2D eigenvalue weighted by molar-refractivity contribution is 6.05. The van der Waals surface area contributed by atoms with Crippen LogP contribution in [0.5, 0.6) is 0 Å². The van der Waals surface area contributed by atoms with Gasteiger partial charge in [-0.15, -0.1) is 0 Å². The first-order valence-corrected chi connectivity index (χ1v) is 7.71. The van der Waals surface area contributed by atoms with E-state index < -0.39 is 5.60 Å². The lowest BCUT2D eigenvalue weighted by Gasteiger charge is -2.40. The molecule has 118 valence electrons. The summed E-state index contributed by atoms with van der Waals surface area (Å²) in [7, 11) is 3.89. The van der Waals surface area contributed by atoms with Crippen LogP contribution in [0.2, 0.25) is 0 Å². The lowest BCUT2D eigenvalue weighted by Crippen LogP contribution is -2.54. The van der Waals surface area contributed by atoms with E-state index in [9.17, 15) is 9.90 Å². The van der Waals surface area contributed by atoms with Gasteiger partial charge in [-0.1, -0.05) is 12.1 Å². The fourth-order valence-corrected chi connectivity index (χ4v) is 3.44. The third-order valence-electron chi connectivity index (χ3n) is 4.27. The number of rotatable bonds is 3. The molecule has 0 unspecified atom stereocenters. The van der Waals surface area contributed by atoms with E-state index in [-0.39, 0.29) is 5.91 Å². The van der Waals surface area contributed by atoms with Gasteiger partial charge in [-0.05, 0) is 39.1 Å². The summed E-state index contributed by atoms with van der Waals surface area (Å²) in [5, 5.41) is 11.8. The van der Waals surface area contributed by atoms with Gasteiger partial charge in [0.1, 0.15) is 0 Å². The van der Waals surface area contributed by atoms with Gasteiger partial charge in [0.15, 0.2) is 0 Å². The average Bonchev–Trinajstić information content (AvgIpc) is 2.93. The van der Waals surface area contributed by atoms with Crippen molar-refractivity contribution in [2.24, 2.45) is 0 Å². The minimum atomic E-state index is -0.818. The van der Waals surface area contributed by atoms with Gasteiger partial charge in [0.25, 0.3) is 5.91 Å². The number of β-amino-alcohol motifs (C(OH)–C–C–N with tert-alkyl or cyclic N) is 1. The number of aromatic amines is 1. The van der Waals surface area contributed by atoms with E-state index in [1.807, 2.05) is 49.5 Å². The number of benzene rings is 1. The predicted octanol–water partition coefficient (Wildman–Crippen LogP) is 1.70. The van der Waals surface area contributed by atoms with Crippen LogP contribution in [-0.2, 0) is 0 Å². The predicted molar refractivity (Wildman–Crippen MR) is 86.9 cm³/mol. The summed E-state index contributed by atoms with van der Waals surface area (Å²) in [5.41, 5.74) is 0.729. The fourth-order valence-electron chi connectivity index (χ4n) is 3.44. The highest BCUT2D eigenvalue weighted by Gasteiger charge is 2.36. The highest BCUT2D eigenvalue weighted by Crippen LogP contribution is 2.25. The first-order valence-electron chi connectivity index (χ1n) is 7.71. The Hall–Kier alpha value is -1.85. The quantitative estimate of drug-likeness (QED) is 0.907. The van der Waals surface area contributed by atoms with Crippen LogP contribution < -0.4 is 0 Å². The Morgan fingerprint density at radius 3 is 3.00 bits per heavy atom. The number of H-pyrrole nitrogens is 1. The molecule has 5 nitrogen and oxygen atoms in total. The van der Waals surface area contributed by atoms with Crippen molar-refractivity contribution in [3.63, 3.8) is 0 Å². The third kappa shape index (κ3) is 2.87. The lowest BCUT2D eigenvalue weighted by molar-refractivity contribution is -0.0391. The molecule has 1 amide bonds. The minimum Gasteiger partial charge on any atom is -0.387 e. The van der Waals surface area contributed by atoms with Crippen LogP contribution >= 0.6 is 0 Å². The minimum absolute atomic E-state index is 0.00932. The second kappa shape index (κ2) is 5.74. The molecule has 1 aliphatic rings. The monoisotopic (exact) mass is 301 g/mol. The summed E-state index contributed by atoms with van der Waals surface area (Å²) < 4.78 is 0. The topological polar surface area (TPSA) is 59.6 Å². The zero-order valence-corrected chi connectivity index (χ0v) is 13.2. The van der Waals surface area contributed by atoms with E-state index in [2.05, 4.69) is 4.98 Å². The lowest BCUT2D eigenvalue weighted by atomic mass is 9.92. The third-order valence-corrected chi connectivity index (χ3v) is 4.27. The molecule has 1 aromatic heterocycles. The van der Waals surface area contributed by atoms with Crippen molar-refractivity contribution in [3.8, 4) is 0 Å². The summed E-state index contributed by atoms with van der Waals surface area (Å²) in [6.45, 7) is 1.66. The van der Waals surface area contributed by atoms with E-state index in [4.69, 9.17) is 0 Å². The molecule has 2 aromatic rings. The molecule has 1 saturated heterocycles. The van der Waals surface area contributed by atoms with Crippen LogP contribution in [0.4, 0.5) is 0 Å². The zero-order chi connectivity index (χ0) is 15.7. The van der Waals surface area contributed by atoms with Crippen LogP contribution in [0, 0.1) is 0 Å². The Morgan fingerprint density at radius 2 is 2.23 bits per heavy atom. The molecule has 0 spiro atoms. The zero-order valence-electron chi connectivity index (χ0n) is 13.2. The average molecular weight is 301 g/mol. The second-order valence-electron chi connectivity index (χ2n) is 6.54. The smallest absolute Gasteiger partial charge is 0.256 e. The van der Waals surface area contributed by atoms with Gasteiger partial charge in [-0.25, -0.2) is 0 Å². The standard InChI is InChI=1S/C17H23N3O2/c1-19(2)11-17(22)8-4-10-20(12-17)16(21)14-6-3-5-13-7-9-18-15(13)14/h3,5-7,9,18,22H,4,8,10-12H2,1-2H3/t17-/m0/s1. The molecule has 0 radical (unpaired) electrons. The van der Waals surface area contributed by atoms with Crippen LogP contribution in [0.3, 0.4) is 0 Å². The molecule has 0 bridgehead atoms. The molecular formula is C17H23N3O2. The summed E-state index contributed by atoms with van der Waals surface area (Å²) in [6.07, 6.45) is 3.42. The molecule has 2 N–H and O–H groups in total. The normalized spacial score (nSPS) is 22.5. The van der Waals surface area contributed by atoms with E-state index in [1.165, 1.54) is 0 Å². The maximum absolute atomic E-state index is 12.9. The number of carbonyl (C=O) groups is 1. The molecule has 22 heavy (non-hydrogen) atoms. The molecule has 0 aliphatic carbocycles. The second-order valence-corrected chi connectivity index (χ2v) is 6.54. The summed E-state index contributed by atoms with van der Waals surface area (Å²) in [6, 6.07) is 7.70. The van der Waals surface area contributed by atoms with Crippen LogP contribution in [0.25, 0.3) is 10.9 Å². The Kier molecular flexibility index (Phi) is 3.93. The number of aliphatic hydroxyl groups is 1. The molecule has 1 atom stereocenters. The van der Waals surface area contributed by atoms with Crippen LogP contribution in [0.1, 0.15) is 23.2 Å². The van der Waals surface area contributed by atoms with Gasteiger partial charge in [0.2, 0.25) is 0 Å². The van der Waals surface area contributed by atoms with Gasteiger partial charge in [-0.3, -0.25) is 4.79 Å². The Bertz CT molecular complexity index is 679. The molecule has 3 rings (SSSR count). The van der Waals surface area contributed by atoms with Crippen molar-refractivity contribution in [3.05, 3.63) is 36.0 Å². The maximum Gasteiger partial charge on any atom is 0.256 e. The van der Waals surface area contributed by atoms with E-state index in [0.717, 1.165) is 23.7 Å². The number of hydrogen-bond donors (Lipinski definition) is 2. The molecule has 1 aromatic carbocycles. The van der Waals surface area contributed by atoms with Crippen LogP contribution in [-0.4, -0.2) is 65.1 Å². The summed E-state index contributed by atoms with van der Waals surface area (Å²) in [4.78, 5) is 19.8. The van der Waals surface area contributed by atoms with Crippen molar-refractivity contribution in [2.45, 2.75) is 18.4 Å². The Morgan fingerprint density at radius 1 is 1.41 bits per heavy atom. The van der Waals surface area contributed by atoms with E-state index in [1.54, 1.807) is 4.90 Å². The molecule has 2 heterocycles. The van der Waals surface area contributed by atoms with Gasteiger partial charge in [0, 0.05) is 24.7 Å². The number of piperidine rings is 1. The fraction of sp³-hybridized carbons (Fsp3) is 0.471. The molecule has 1 fully saturated rings. The summed E-state index contributed by atoms with van der Waals surface area (Å²) in [5.74, 6) is -0.00932. The van der Waals surface area contributed by atoms with Crippen LogP contribution in [0.15, 0.2) is 30.5 Å². The van der Waals surface area contributed by atoms with Crippen molar-refractivity contribution in [1.29, 1.82) is 0 Å². The molecular weight excluding hydrogens is 278 g/mol. The largest absolute Gasteiger partial charge is 0.387 e. The van der Waals surface area contributed by atoms with E-state index >= 15 is 0 Å². The first-order chi connectivity index (χ1) is 10.5. The Labute approximate surface area is 130 Å².